The molecule has 5 heteroatoms. The highest BCUT2D eigenvalue weighted by atomic mass is 16.5. The molecule has 1 N–H and O–H groups in total. The van der Waals surface area contributed by atoms with Crippen molar-refractivity contribution in [1.29, 1.82) is 0 Å². The molecule has 2 aromatic rings. The zero-order chi connectivity index (χ0) is 18.9. The van der Waals surface area contributed by atoms with E-state index in [9.17, 15) is 9.59 Å². The minimum absolute atomic E-state index is 0.0999. The number of carbonyl (C=O) groups excluding carboxylic acids is 2. The lowest BCUT2D eigenvalue weighted by atomic mass is 10.1. The molecule has 26 heavy (non-hydrogen) atoms. The van der Waals surface area contributed by atoms with E-state index in [0.717, 1.165) is 5.56 Å². The van der Waals surface area contributed by atoms with Gasteiger partial charge in [0.25, 0.3) is 5.91 Å². The van der Waals surface area contributed by atoms with Gasteiger partial charge in [0.15, 0.2) is 0 Å². The number of rotatable bonds is 8. The predicted octanol–water partition coefficient (Wildman–Crippen LogP) is 3.52. The van der Waals surface area contributed by atoms with Crippen LogP contribution < -0.4 is 10.1 Å². The summed E-state index contributed by atoms with van der Waals surface area (Å²) >= 11 is 0. The Morgan fingerprint density at radius 2 is 1.73 bits per heavy atom. The first-order valence-corrected chi connectivity index (χ1v) is 8.44. The number of hydrogen-bond acceptors (Lipinski definition) is 3. The van der Waals surface area contributed by atoms with Gasteiger partial charge < -0.3 is 15.0 Å². The molecular weight excluding hydrogens is 328 g/mol. The van der Waals surface area contributed by atoms with Crippen LogP contribution in [0.3, 0.4) is 0 Å². The molecule has 0 radical (unpaired) electrons. The molecule has 0 aliphatic heterocycles. The molecule has 0 aliphatic rings. The molecule has 0 saturated heterocycles. The number of nitrogens with zero attached hydrogens (tertiary/aromatic N) is 1. The van der Waals surface area contributed by atoms with Crippen LogP contribution in [0.2, 0.25) is 0 Å². The zero-order valence-electron chi connectivity index (χ0n) is 15.2. The second-order valence-corrected chi connectivity index (χ2v) is 6.06. The minimum Gasteiger partial charge on any atom is -0.490 e. The highest BCUT2D eigenvalue weighted by Gasteiger charge is 2.07. The van der Waals surface area contributed by atoms with E-state index in [1.54, 1.807) is 49.3 Å². The molecule has 2 rings (SSSR count). The highest BCUT2D eigenvalue weighted by molar-refractivity contribution is 6.04. The van der Waals surface area contributed by atoms with Gasteiger partial charge >= 0.3 is 0 Å². The fraction of sp³-hybridized carbons (Fsp3) is 0.238. The molecule has 2 amide bonds. The van der Waals surface area contributed by atoms with Crippen LogP contribution in [0.5, 0.6) is 5.75 Å². The zero-order valence-corrected chi connectivity index (χ0v) is 15.2. The van der Waals surface area contributed by atoms with Gasteiger partial charge in [-0.2, -0.15) is 0 Å². The van der Waals surface area contributed by atoms with Crippen LogP contribution in [0.15, 0.2) is 61.2 Å². The average Bonchev–Trinajstić information content (AvgIpc) is 2.65. The molecular formula is C21H24N2O3. The summed E-state index contributed by atoms with van der Waals surface area (Å²) in [5, 5.41) is 2.86. The number of nitrogens with one attached hydrogen (secondary N) is 1. The topological polar surface area (TPSA) is 58.6 Å². The highest BCUT2D eigenvalue weighted by Crippen LogP contribution is 2.15. The summed E-state index contributed by atoms with van der Waals surface area (Å²) in [5.74, 6) is 0.608. The van der Waals surface area contributed by atoms with Gasteiger partial charge in [0.05, 0.1) is 0 Å². The number of benzene rings is 2. The van der Waals surface area contributed by atoms with Gasteiger partial charge in [-0.1, -0.05) is 24.8 Å². The summed E-state index contributed by atoms with van der Waals surface area (Å²) in [7, 11) is 3.50. The maximum Gasteiger partial charge on any atom is 0.255 e. The van der Waals surface area contributed by atoms with Gasteiger partial charge in [-0.05, 0) is 48.4 Å². The first-order valence-electron chi connectivity index (χ1n) is 8.44. The summed E-state index contributed by atoms with van der Waals surface area (Å²) in [5.41, 5.74) is 2.32. The number of aryl methyl sites for hydroxylation is 1. The number of hydrogen-bond donors (Lipinski definition) is 1. The van der Waals surface area contributed by atoms with Gasteiger partial charge in [-0.3, -0.25) is 9.59 Å². The van der Waals surface area contributed by atoms with Crippen LogP contribution in [0.4, 0.5) is 5.69 Å². The number of anilines is 1. The van der Waals surface area contributed by atoms with Crippen LogP contribution in [0.25, 0.3) is 0 Å². The maximum absolute atomic E-state index is 12.3. The van der Waals surface area contributed by atoms with Crippen molar-refractivity contribution in [3.63, 3.8) is 0 Å². The molecule has 136 valence electrons. The van der Waals surface area contributed by atoms with Crippen LogP contribution in [-0.2, 0) is 11.2 Å². The van der Waals surface area contributed by atoms with Gasteiger partial charge in [-0.15, -0.1) is 0 Å². The standard InChI is InChI=1S/C21H24N2O3/c1-4-15-26-19-12-8-17(9-13-19)21(25)22-18-10-5-16(6-11-18)7-14-20(24)23(2)3/h4-6,8-13H,1,7,14-15H2,2-3H3,(H,22,25). The lowest BCUT2D eigenvalue weighted by Crippen LogP contribution is -2.21. The van der Waals surface area contributed by atoms with Crippen molar-refractivity contribution in [2.75, 3.05) is 26.0 Å². The third kappa shape index (κ3) is 5.77. The molecule has 5 nitrogen and oxygen atoms in total. The van der Waals surface area contributed by atoms with Crippen molar-refractivity contribution >= 4 is 17.5 Å². The molecule has 2 aromatic carbocycles. The van der Waals surface area contributed by atoms with E-state index in [-0.39, 0.29) is 11.8 Å². The first-order chi connectivity index (χ1) is 12.5. The van der Waals surface area contributed by atoms with E-state index in [2.05, 4.69) is 11.9 Å². The normalized spacial score (nSPS) is 10.1. The van der Waals surface area contributed by atoms with Crippen molar-refractivity contribution in [1.82, 2.24) is 4.90 Å². The third-order valence-corrected chi connectivity index (χ3v) is 3.82. The van der Waals surface area contributed by atoms with Crippen molar-refractivity contribution < 1.29 is 14.3 Å². The summed E-state index contributed by atoms with van der Waals surface area (Å²) in [4.78, 5) is 25.5. The molecule has 0 aromatic heterocycles. The fourth-order valence-corrected chi connectivity index (χ4v) is 2.29. The smallest absolute Gasteiger partial charge is 0.255 e. The van der Waals surface area contributed by atoms with E-state index in [1.165, 1.54) is 0 Å². The van der Waals surface area contributed by atoms with Gasteiger partial charge in [0, 0.05) is 31.8 Å². The minimum atomic E-state index is -0.184. The third-order valence-electron chi connectivity index (χ3n) is 3.82. The second-order valence-electron chi connectivity index (χ2n) is 6.06. The summed E-state index contributed by atoms with van der Waals surface area (Å²) in [6.07, 6.45) is 2.82. The Morgan fingerprint density at radius 1 is 1.08 bits per heavy atom. The molecule has 0 aliphatic carbocycles. The molecule has 0 heterocycles. The van der Waals surface area contributed by atoms with E-state index in [4.69, 9.17) is 4.74 Å². The lowest BCUT2D eigenvalue weighted by Gasteiger charge is -2.10. The monoisotopic (exact) mass is 352 g/mol. The van der Waals surface area contributed by atoms with Crippen molar-refractivity contribution in [2.24, 2.45) is 0 Å². The summed E-state index contributed by atoms with van der Waals surface area (Å²) in [6, 6.07) is 14.5. The summed E-state index contributed by atoms with van der Waals surface area (Å²) in [6.45, 7) is 4.02. The molecule has 0 unspecified atom stereocenters. The second kappa shape index (κ2) is 9.42. The molecule has 0 atom stereocenters. The Hall–Kier alpha value is -3.08. The van der Waals surface area contributed by atoms with Crippen molar-refractivity contribution in [2.45, 2.75) is 12.8 Å². The molecule has 0 fully saturated rings. The Bertz CT molecular complexity index is 750. The molecule has 0 bridgehead atoms. The van der Waals surface area contributed by atoms with Crippen LogP contribution in [0, 0.1) is 0 Å². The van der Waals surface area contributed by atoms with Crippen LogP contribution >= 0.6 is 0 Å². The fourth-order valence-electron chi connectivity index (χ4n) is 2.29. The SMILES string of the molecule is C=CCOc1ccc(C(=O)Nc2ccc(CCC(=O)N(C)C)cc2)cc1. The van der Waals surface area contributed by atoms with Gasteiger partial charge in [0.1, 0.15) is 12.4 Å². The lowest BCUT2D eigenvalue weighted by molar-refractivity contribution is -0.128. The Balaban J connectivity index is 1.90. The summed E-state index contributed by atoms with van der Waals surface area (Å²) < 4.78 is 5.40. The van der Waals surface area contributed by atoms with Crippen molar-refractivity contribution in [3.8, 4) is 5.75 Å². The van der Waals surface area contributed by atoms with Gasteiger partial charge in [-0.25, -0.2) is 0 Å². The largest absolute Gasteiger partial charge is 0.490 e. The average molecular weight is 352 g/mol. The molecule has 0 saturated carbocycles. The number of amides is 2. The van der Waals surface area contributed by atoms with E-state index < -0.39 is 0 Å². The van der Waals surface area contributed by atoms with Crippen LogP contribution in [-0.4, -0.2) is 37.4 Å². The molecule has 0 spiro atoms. The quantitative estimate of drug-likeness (QED) is 0.740. The Labute approximate surface area is 154 Å². The number of ether oxygens (including phenoxy) is 1. The van der Waals surface area contributed by atoms with E-state index >= 15 is 0 Å². The Kier molecular flexibility index (Phi) is 6.97. The van der Waals surface area contributed by atoms with Gasteiger partial charge in [0.2, 0.25) is 5.91 Å². The predicted molar refractivity (Wildman–Crippen MR) is 104 cm³/mol. The van der Waals surface area contributed by atoms with E-state index in [0.29, 0.717) is 36.4 Å². The Morgan fingerprint density at radius 3 is 2.31 bits per heavy atom. The van der Waals surface area contributed by atoms with Crippen LogP contribution in [0.1, 0.15) is 22.3 Å². The van der Waals surface area contributed by atoms with Crippen molar-refractivity contribution in [3.05, 3.63) is 72.3 Å². The first kappa shape index (κ1) is 19.2. The number of carbonyl (C=O) groups is 2. The maximum atomic E-state index is 12.3. The van der Waals surface area contributed by atoms with E-state index in [1.807, 2.05) is 24.3 Å².